The minimum Gasteiger partial charge on any atom is -0.490 e. The van der Waals surface area contributed by atoms with Crippen LogP contribution in [0.25, 0.3) is 0 Å². The molecule has 0 spiro atoms. The summed E-state index contributed by atoms with van der Waals surface area (Å²) in [5.41, 5.74) is 2.95. The van der Waals surface area contributed by atoms with Crippen LogP contribution in [0.3, 0.4) is 0 Å². The number of nitrogens with one attached hydrogen (secondary N) is 1. The Labute approximate surface area is 189 Å². The number of hydrogen-bond donors (Lipinski definition) is 1. The molecule has 4 aromatic rings. The first-order valence-corrected chi connectivity index (χ1v) is 10.3. The molecule has 0 saturated carbocycles. The lowest BCUT2D eigenvalue weighted by atomic mass is 10.1. The molecule has 0 unspecified atom stereocenters. The lowest BCUT2D eigenvalue weighted by Crippen LogP contribution is -2.19. The molecule has 0 radical (unpaired) electrons. The van der Waals surface area contributed by atoms with Gasteiger partial charge in [-0.05, 0) is 41.5 Å². The molecule has 0 saturated heterocycles. The summed E-state index contributed by atoms with van der Waals surface area (Å²) in [6, 6.07) is 18.0. The first kappa shape index (κ1) is 21.5. The highest BCUT2D eigenvalue weighted by Gasteiger charge is 2.13. The van der Waals surface area contributed by atoms with Crippen LogP contribution in [0, 0.1) is 5.82 Å². The van der Waals surface area contributed by atoms with Crippen molar-refractivity contribution >= 4 is 23.2 Å². The summed E-state index contributed by atoms with van der Waals surface area (Å²) in [7, 11) is 1.41. The zero-order valence-electron chi connectivity index (χ0n) is 17.3. The molecule has 4 rings (SSSR count). The minimum absolute atomic E-state index is 0.0266. The maximum Gasteiger partial charge on any atom is 0.316 e. The molecule has 0 bridgehead atoms. The molecule has 0 atom stereocenters. The second kappa shape index (κ2) is 9.62. The standard InChI is InChI=1S/C24H20ClFN4O2/c1-32-22-15-30(14-16-9-10-20(26)19(25)12-16)24(29-23(22)31)28-21-8-3-2-6-17(21)13-18-7-4-5-11-27-18/h2-12,15H,13-14H2,1H3,(H,28,29,31). The fraction of sp³-hybridized carbons (Fsp3) is 0.125. The van der Waals surface area contributed by atoms with E-state index in [-0.39, 0.29) is 10.8 Å². The highest BCUT2D eigenvalue weighted by molar-refractivity contribution is 6.30. The van der Waals surface area contributed by atoms with Crippen molar-refractivity contribution in [2.24, 2.45) is 0 Å². The van der Waals surface area contributed by atoms with E-state index in [1.54, 1.807) is 29.1 Å². The van der Waals surface area contributed by atoms with Crippen molar-refractivity contribution in [1.29, 1.82) is 0 Å². The first-order chi connectivity index (χ1) is 15.5. The molecule has 0 amide bonds. The van der Waals surface area contributed by atoms with Crippen LogP contribution in [-0.4, -0.2) is 21.6 Å². The summed E-state index contributed by atoms with van der Waals surface area (Å²) in [5, 5.41) is 3.29. The average Bonchev–Trinajstić information content (AvgIpc) is 2.80. The number of anilines is 2. The van der Waals surface area contributed by atoms with E-state index in [4.69, 9.17) is 16.3 Å². The van der Waals surface area contributed by atoms with Crippen molar-refractivity contribution in [3.8, 4) is 5.75 Å². The Hall–Kier alpha value is -3.71. The predicted octanol–water partition coefficient (Wildman–Crippen LogP) is 4.82. The molecule has 8 heteroatoms. The Kier molecular flexibility index (Phi) is 6.47. The average molecular weight is 451 g/mol. The molecular formula is C24H20ClFN4O2. The number of pyridine rings is 1. The van der Waals surface area contributed by atoms with E-state index in [9.17, 15) is 9.18 Å². The van der Waals surface area contributed by atoms with Crippen molar-refractivity contribution in [2.75, 3.05) is 12.4 Å². The zero-order chi connectivity index (χ0) is 22.5. The monoisotopic (exact) mass is 450 g/mol. The highest BCUT2D eigenvalue weighted by atomic mass is 35.5. The fourth-order valence-corrected chi connectivity index (χ4v) is 3.49. The third kappa shape index (κ3) is 4.95. The highest BCUT2D eigenvalue weighted by Crippen LogP contribution is 2.24. The van der Waals surface area contributed by atoms with E-state index in [0.717, 1.165) is 22.5 Å². The van der Waals surface area contributed by atoms with Crippen LogP contribution in [0.4, 0.5) is 16.0 Å². The third-order valence-corrected chi connectivity index (χ3v) is 5.17. The van der Waals surface area contributed by atoms with E-state index in [0.29, 0.717) is 18.9 Å². The number of ether oxygens (including phenoxy) is 1. The molecule has 1 N–H and O–H groups in total. The molecular weight excluding hydrogens is 431 g/mol. The Morgan fingerprint density at radius 1 is 1.12 bits per heavy atom. The van der Waals surface area contributed by atoms with Gasteiger partial charge in [0, 0.05) is 24.0 Å². The third-order valence-electron chi connectivity index (χ3n) is 4.88. The summed E-state index contributed by atoms with van der Waals surface area (Å²) in [5.74, 6) is -0.0666. The van der Waals surface area contributed by atoms with E-state index in [1.807, 2.05) is 42.5 Å². The van der Waals surface area contributed by atoms with Gasteiger partial charge in [-0.15, -0.1) is 0 Å². The molecule has 2 aromatic carbocycles. The summed E-state index contributed by atoms with van der Waals surface area (Å²) < 4.78 is 20.4. The van der Waals surface area contributed by atoms with Gasteiger partial charge in [-0.25, -0.2) is 4.39 Å². The lowest BCUT2D eigenvalue weighted by molar-refractivity contribution is 0.402. The van der Waals surface area contributed by atoms with Gasteiger partial charge in [-0.2, -0.15) is 4.98 Å². The molecule has 0 aliphatic rings. The molecule has 0 aliphatic heterocycles. The SMILES string of the molecule is COc1cn(Cc2ccc(F)c(Cl)c2)c(Nc2ccccc2Cc2ccccn2)nc1=O. The van der Waals surface area contributed by atoms with Crippen LogP contribution in [-0.2, 0) is 13.0 Å². The molecule has 162 valence electrons. The van der Waals surface area contributed by atoms with Crippen molar-refractivity contribution < 1.29 is 9.13 Å². The van der Waals surface area contributed by atoms with Crippen molar-refractivity contribution in [3.05, 3.63) is 111 Å². The summed E-state index contributed by atoms with van der Waals surface area (Å²) in [6.45, 7) is 0.300. The number of para-hydroxylation sites is 1. The molecule has 0 aliphatic carbocycles. The number of halogens is 2. The Morgan fingerprint density at radius 3 is 2.69 bits per heavy atom. The van der Waals surface area contributed by atoms with E-state index in [2.05, 4.69) is 15.3 Å². The van der Waals surface area contributed by atoms with E-state index >= 15 is 0 Å². The van der Waals surface area contributed by atoms with Crippen molar-refractivity contribution in [3.63, 3.8) is 0 Å². The van der Waals surface area contributed by atoms with Crippen molar-refractivity contribution in [2.45, 2.75) is 13.0 Å². The molecule has 32 heavy (non-hydrogen) atoms. The van der Waals surface area contributed by atoms with Crippen LogP contribution >= 0.6 is 11.6 Å². The van der Waals surface area contributed by atoms with Crippen LogP contribution in [0.2, 0.25) is 5.02 Å². The number of benzene rings is 2. The van der Waals surface area contributed by atoms with Crippen molar-refractivity contribution in [1.82, 2.24) is 14.5 Å². The Morgan fingerprint density at radius 2 is 1.94 bits per heavy atom. The number of aromatic nitrogens is 3. The molecule has 0 fully saturated rings. The van der Waals surface area contributed by atoms with Crippen LogP contribution in [0.5, 0.6) is 5.75 Å². The van der Waals surface area contributed by atoms with Crippen LogP contribution < -0.4 is 15.6 Å². The zero-order valence-corrected chi connectivity index (χ0v) is 18.0. The number of rotatable bonds is 7. The topological polar surface area (TPSA) is 69.0 Å². The quantitative estimate of drug-likeness (QED) is 0.437. The number of hydrogen-bond acceptors (Lipinski definition) is 5. The van der Waals surface area contributed by atoms with Gasteiger partial charge in [0.05, 0.1) is 24.9 Å². The predicted molar refractivity (Wildman–Crippen MR) is 122 cm³/mol. The lowest BCUT2D eigenvalue weighted by Gasteiger charge is -2.17. The van der Waals surface area contributed by atoms with Gasteiger partial charge in [-0.1, -0.05) is 41.9 Å². The molecule has 6 nitrogen and oxygen atoms in total. The Bertz CT molecular complexity index is 1290. The minimum atomic E-state index is -0.495. The van der Waals surface area contributed by atoms with Gasteiger partial charge in [-0.3, -0.25) is 9.78 Å². The smallest absolute Gasteiger partial charge is 0.316 e. The van der Waals surface area contributed by atoms with Gasteiger partial charge < -0.3 is 14.6 Å². The summed E-state index contributed by atoms with van der Waals surface area (Å²) in [4.78, 5) is 20.9. The van der Waals surface area contributed by atoms with Gasteiger partial charge >= 0.3 is 5.56 Å². The van der Waals surface area contributed by atoms with Crippen LogP contribution in [0.15, 0.2) is 77.9 Å². The second-order valence-corrected chi connectivity index (χ2v) is 7.50. The van der Waals surface area contributed by atoms with E-state index < -0.39 is 11.4 Å². The maximum atomic E-state index is 13.6. The van der Waals surface area contributed by atoms with Gasteiger partial charge in [0.15, 0.2) is 0 Å². The summed E-state index contributed by atoms with van der Waals surface area (Å²) in [6.07, 6.45) is 3.93. The van der Waals surface area contributed by atoms with Crippen LogP contribution in [0.1, 0.15) is 16.8 Å². The van der Waals surface area contributed by atoms with Gasteiger partial charge in [0.1, 0.15) is 5.82 Å². The number of methoxy groups -OCH3 is 1. The first-order valence-electron chi connectivity index (χ1n) is 9.87. The molecule has 2 heterocycles. The van der Waals surface area contributed by atoms with Gasteiger partial charge in [0.25, 0.3) is 0 Å². The second-order valence-electron chi connectivity index (χ2n) is 7.09. The largest absolute Gasteiger partial charge is 0.490 e. The fourth-order valence-electron chi connectivity index (χ4n) is 3.28. The Balaban J connectivity index is 1.70. The van der Waals surface area contributed by atoms with E-state index in [1.165, 1.54) is 13.2 Å². The normalized spacial score (nSPS) is 10.7. The maximum absolute atomic E-state index is 13.6. The molecule has 2 aromatic heterocycles. The van der Waals surface area contributed by atoms with Gasteiger partial charge in [0.2, 0.25) is 11.7 Å². The summed E-state index contributed by atoms with van der Waals surface area (Å²) >= 11 is 5.94. The number of nitrogens with zero attached hydrogens (tertiary/aromatic N) is 3.